The second-order valence-electron chi connectivity index (χ2n) is 7.79. The highest BCUT2D eigenvalue weighted by Gasteiger charge is 2.20. The number of pyridine rings is 2. The van der Waals surface area contributed by atoms with Crippen LogP contribution >= 0.6 is 0 Å². The number of aromatic nitrogens is 3. The zero-order valence-corrected chi connectivity index (χ0v) is 17.0. The summed E-state index contributed by atoms with van der Waals surface area (Å²) >= 11 is 0. The molecule has 1 amide bonds. The number of nitrogens with one attached hydrogen (secondary N) is 2. The monoisotopic (exact) mass is 413 g/mol. The van der Waals surface area contributed by atoms with Crippen molar-refractivity contribution in [3.05, 3.63) is 78.9 Å². The van der Waals surface area contributed by atoms with Crippen molar-refractivity contribution in [2.75, 3.05) is 17.2 Å². The van der Waals surface area contributed by atoms with E-state index in [0.717, 1.165) is 29.5 Å². The molecule has 1 fully saturated rings. The Bertz CT molecular complexity index is 1200. The van der Waals surface area contributed by atoms with Crippen LogP contribution in [0.4, 0.5) is 11.5 Å². The van der Waals surface area contributed by atoms with Crippen LogP contribution in [0.25, 0.3) is 5.65 Å². The van der Waals surface area contributed by atoms with E-state index in [1.807, 2.05) is 65.3 Å². The number of anilines is 2. The molecule has 0 aliphatic heterocycles. The quantitative estimate of drug-likeness (QED) is 0.444. The van der Waals surface area contributed by atoms with Gasteiger partial charge in [0, 0.05) is 30.7 Å². The largest absolute Gasteiger partial charge is 0.456 e. The summed E-state index contributed by atoms with van der Waals surface area (Å²) < 4.78 is 7.97. The number of nitrogens with zero attached hydrogens (tertiary/aromatic N) is 3. The zero-order valence-electron chi connectivity index (χ0n) is 17.0. The van der Waals surface area contributed by atoms with Crippen LogP contribution in [0.5, 0.6) is 11.5 Å². The third-order valence-electron chi connectivity index (χ3n) is 5.16. The van der Waals surface area contributed by atoms with E-state index in [1.165, 1.54) is 12.8 Å². The summed E-state index contributed by atoms with van der Waals surface area (Å²) in [6, 6.07) is 14.8. The van der Waals surface area contributed by atoms with Crippen LogP contribution in [0.2, 0.25) is 0 Å². The van der Waals surface area contributed by atoms with E-state index < -0.39 is 0 Å². The molecule has 1 aliphatic carbocycles. The molecule has 1 saturated carbocycles. The Morgan fingerprint density at radius 1 is 1.06 bits per heavy atom. The van der Waals surface area contributed by atoms with Crippen LogP contribution in [0.3, 0.4) is 0 Å². The molecule has 2 N–H and O–H groups in total. The van der Waals surface area contributed by atoms with Gasteiger partial charge in [0.1, 0.15) is 23.0 Å². The fourth-order valence-electron chi connectivity index (χ4n) is 3.35. The summed E-state index contributed by atoms with van der Waals surface area (Å²) in [4.78, 5) is 20.9. The third-order valence-corrected chi connectivity index (χ3v) is 5.16. The number of hydrogen-bond acceptors (Lipinski definition) is 5. The first-order valence-corrected chi connectivity index (χ1v) is 10.4. The molecule has 5 rings (SSSR count). The van der Waals surface area contributed by atoms with Gasteiger partial charge in [-0.3, -0.25) is 9.78 Å². The molecular weight excluding hydrogens is 390 g/mol. The maximum Gasteiger partial charge on any atom is 0.228 e. The van der Waals surface area contributed by atoms with Gasteiger partial charge in [0.15, 0.2) is 0 Å². The average Bonchev–Trinajstić information content (AvgIpc) is 3.51. The molecule has 7 heteroatoms. The van der Waals surface area contributed by atoms with Crippen molar-refractivity contribution in [3.63, 3.8) is 0 Å². The second-order valence-corrected chi connectivity index (χ2v) is 7.79. The van der Waals surface area contributed by atoms with Crippen molar-refractivity contribution >= 4 is 23.1 Å². The van der Waals surface area contributed by atoms with Crippen LogP contribution in [0.1, 0.15) is 18.4 Å². The van der Waals surface area contributed by atoms with Gasteiger partial charge in [0.25, 0.3) is 0 Å². The van der Waals surface area contributed by atoms with Crippen LogP contribution < -0.4 is 15.4 Å². The van der Waals surface area contributed by atoms with Gasteiger partial charge in [-0.15, -0.1) is 0 Å². The Hall–Kier alpha value is -3.87. The fourth-order valence-corrected chi connectivity index (χ4v) is 3.35. The lowest BCUT2D eigenvalue weighted by atomic mass is 10.2. The van der Waals surface area contributed by atoms with E-state index in [2.05, 4.69) is 20.6 Å². The maximum atomic E-state index is 12.3. The van der Waals surface area contributed by atoms with Gasteiger partial charge in [0.2, 0.25) is 5.91 Å². The summed E-state index contributed by atoms with van der Waals surface area (Å²) in [6.45, 7) is 0.979. The molecule has 156 valence electrons. The topological polar surface area (TPSA) is 80.5 Å². The van der Waals surface area contributed by atoms with E-state index in [0.29, 0.717) is 23.6 Å². The minimum absolute atomic E-state index is 0.0885. The van der Waals surface area contributed by atoms with Crippen LogP contribution in [0, 0.1) is 5.92 Å². The Balaban J connectivity index is 1.24. The molecule has 0 atom stereocenters. The van der Waals surface area contributed by atoms with Gasteiger partial charge in [-0.1, -0.05) is 6.07 Å². The minimum atomic E-state index is -0.0885. The summed E-state index contributed by atoms with van der Waals surface area (Å²) in [5.41, 5.74) is 2.47. The van der Waals surface area contributed by atoms with E-state index >= 15 is 0 Å². The first-order valence-electron chi connectivity index (χ1n) is 10.4. The normalized spacial score (nSPS) is 13.2. The molecule has 1 aliphatic rings. The number of imidazole rings is 1. The minimum Gasteiger partial charge on any atom is -0.456 e. The van der Waals surface area contributed by atoms with Gasteiger partial charge in [0.05, 0.1) is 18.8 Å². The van der Waals surface area contributed by atoms with E-state index in [9.17, 15) is 4.79 Å². The number of fused-ring (bicyclic) bond motifs is 1. The van der Waals surface area contributed by atoms with Gasteiger partial charge in [-0.25, -0.2) is 4.98 Å². The highest BCUT2D eigenvalue weighted by molar-refractivity contribution is 5.92. The number of hydrogen-bond donors (Lipinski definition) is 2. The highest BCUT2D eigenvalue weighted by atomic mass is 16.5. The number of ether oxygens (including phenoxy) is 1. The molecule has 1 aromatic carbocycles. The highest BCUT2D eigenvalue weighted by Crippen LogP contribution is 2.29. The molecular formula is C24H23N5O2. The SMILES string of the molecule is O=C(Cc1ccncc1)Nc1cccc(Oc2ccc3nc(NCC4CC4)cn3c2)c1. The molecule has 7 nitrogen and oxygen atoms in total. The number of carbonyl (C=O) groups is 1. The Kier molecular flexibility index (Phi) is 5.22. The predicted octanol–water partition coefficient (Wildman–Crippen LogP) is 4.52. The molecule has 3 heterocycles. The summed E-state index contributed by atoms with van der Waals surface area (Å²) in [5, 5.41) is 6.31. The van der Waals surface area contributed by atoms with Gasteiger partial charge in [-0.05, 0) is 60.7 Å². The second kappa shape index (κ2) is 8.47. The van der Waals surface area contributed by atoms with Crippen LogP contribution in [0.15, 0.2) is 73.3 Å². The first-order chi connectivity index (χ1) is 15.2. The molecule has 0 bridgehead atoms. The predicted molar refractivity (Wildman–Crippen MR) is 119 cm³/mol. The van der Waals surface area contributed by atoms with Crippen LogP contribution in [-0.2, 0) is 11.2 Å². The molecule has 0 saturated heterocycles. The van der Waals surface area contributed by atoms with Gasteiger partial charge < -0.3 is 19.8 Å². The average molecular weight is 413 g/mol. The van der Waals surface area contributed by atoms with E-state index in [1.54, 1.807) is 12.4 Å². The van der Waals surface area contributed by atoms with E-state index in [-0.39, 0.29) is 5.91 Å². The Morgan fingerprint density at radius 2 is 1.94 bits per heavy atom. The summed E-state index contributed by atoms with van der Waals surface area (Å²) in [5.74, 6) is 2.92. The van der Waals surface area contributed by atoms with Crippen molar-refractivity contribution in [1.29, 1.82) is 0 Å². The van der Waals surface area contributed by atoms with Crippen molar-refractivity contribution < 1.29 is 9.53 Å². The standard InChI is InChI=1S/C24H23N5O2/c30-24(12-17-8-10-25-11-9-17)27-19-2-1-3-20(13-19)31-21-6-7-23-28-22(16-29(23)15-21)26-14-18-4-5-18/h1-3,6-11,13,15-16,18,26H,4-5,12,14H2,(H,27,30). The Morgan fingerprint density at radius 3 is 2.77 bits per heavy atom. The lowest BCUT2D eigenvalue weighted by Crippen LogP contribution is -2.14. The first kappa shape index (κ1) is 19.1. The van der Waals surface area contributed by atoms with Gasteiger partial charge in [-0.2, -0.15) is 0 Å². The van der Waals surface area contributed by atoms with Crippen molar-refractivity contribution in [1.82, 2.24) is 14.4 Å². The van der Waals surface area contributed by atoms with Crippen molar-refractivity contribution in [2.45, 2.75) is 19.3 Å². The maximum absolute atomic E-state index is 12.3. The van der Waals surface area contributed by atoms with E-state index in [4.69, 9.17) is 4.74 Å². The fraction of sp³-hybridized carbons (Fsp3) is 0.208. The molecule has 4 aromatic rings. The lowest BCUT2D eigenvalue weighted by Gasteiger charge is -2.09. The number of carbonyl (C=O) groups excluding carboxylic acids is 1. The number of amides is 1. The molecule has 0 spiro atoms. The smallest absolute Gasteiger partial charge is 0.228 e. The third kappa shape index (κ3) is 5.01. The van der Waals surface area contributed by atoms with Crippen molar-refractivity contribution in [2.24, 2.45) is 5.92 Å². The van der Waals surface area contributed by atoms with Crippen molar-refractivity contribution in [3.8, 4) is 11.5 Å². The summed E-state index contributed by atoms with van der Waals surface area (Å²) in [6.07, 6.45) is 10.1. The molecule has 31 heavy (non-hydrogen) atoms. The van der Waals surface area contributed by atoms with Gasteiger partial charge >= 0.3 is 0 Å². The zero-order chi connectivity index (χ0) is 21.0. The number of benzene rings is 1. The summed E-state index contributed by atoms with van der Waals surface area (Å²) in [7, 11) is 0. The lowest BCUT2D eigenvalue weighted by molar-refractivity contribution is -0.115. The molecule has 0 unspecified atom stereocenters. The molecule has 0 radical (unpaired) electrons. The Labute approximate surface area is 180 Å². The molecule has 3 aromatic heterocycles. The number of rotatable bonds is 8. The van der Waals surface area contributed by atoms with Crippen LogP contribution in [-0.4, -0.2) is 26.8 Å².